The van der Waals surface area contributed by atoms with E-state index in [0.717, 1.165) is 112 Å². The Balaban J connectivity index is 0.646. The highest BCUT2D eigenvalue weighted by molar-refractivity contribution is 7.84. The number of benzene rings is 3. The minimum atomic E-state index is -1.97. The number of hydrogen-bond donors (Lipinski definition) is 3. The van der Waals surface area contributed by atoms with Crippen molar-refractivity contribution in [1.29, 1.82) is 0 Å². The number of nitrogens with zero attached hydrogens (tertiary/aromatic N) is 7. The number of aromatic nitrogens is 2. The van der Waals surface area contributed by atoms with Gasteiger partial charge in [0.25, 0.3) is 5.91 Å². The van der Waals surface area contributed by atoms with E-state index in [-0.39, 0.29) is 49.0 Å². The van der Waals surface area contributed by atoms with Crippen LogP contribution >= 0.6 is 0 Å². The summed E-state index contributed by atoms with van der Waals surface area (Å²) >= 11 is -1.97. The number of ketones is 1. The molecule has 0 aliphatic carbocycles. The summed E-state index contributed by atoms with van der Waals surface area (Å²) in [5.41, 5.74) is 4.72. The molecule has 0 saturated carbocycles. The number of carbonyl (C=O) groups excluding carboxylic acids is 4. The van der Waals surface area contributed by atoms with Crippen LogP contribution in [0.5, 0.6) is 0 Å². The van der Waals surface area contributed by atoms with Crippen LogP contribution in [-0.4, -0.2) is 147 Å². The summed E-state index contributed by atoms with van der Waals surface area (Å²) in [6.07, 6.45) is 4.90. The number of amides is 3. The van der Waals surface area contributed by atoms with Crippen molar-refractivity contribution >= 4 is 62.8 Å². The summed E-state index contributed by atoms with van der Waals surface area (Å²) in [6, 6.07) is 17.9. The number of piperazine rings is 1. The Morgan fingerprint density at radius 2 is 1.59 bits per heavy atom. The zero-order valence-corrected chi connectivity index (χ0v) is 38.8. The number of aromatic amines is 1. The number of rotatable bonds is 12. The summed E-state index contributed by atoms with van der Waals surface area (Å²) in [4.78, 5) is 70.1. The summed E-state index contributed by atoms with van der Waals surface area (Å²) in [5, 5.41) is 2.77. The Hall–Kier alpha value is -6.15. The number of imide groups is 1. The molecule has 3 aromatic carbocycles. The van der Waals surface area contributed by atoms with E-state index in [0.29, 0.717) is 41.5 Å². The SMILES string of the molecule is O=C1CCC(N2Cc3cc(N4CC(CN5CCN(C6CCN(c7ccc(-c8cnc9[nH]cc(C(=O)c%10c(F)ccc(NS(=O)N%11CCC(F)C%11)c%10F)c9c8)cc7)CC6)CC5)C4)ccc3C2=O)C(=O)N1. The largest absolute Gasteiger partial charge is 0.371 e. The lowest BCUT2D eigenvalue weighted by molar-refractivity contribution is -0.136. The third kappa shape index (κ3) is 8.89. The molecule has 0 bridgehead atoms. The van der Waals surface area contributed by atoms with Crippen LogP contribution in [0.1, 0.15) is 63.9 Å². The molecule has 3 amide bonds. The van der Waals surface area contributed by atoms with E-state index in [9.17, 15) is 27.8 Å². The van der Waals surface area contributed by atoms with Gasteiger partial charge in [0.1, 0.15) is 23.7 Å². The lowest BCUT2D eigenvalue weighted by atomic mass is 9.96. The molecular weight excluding hydrogens is 910 g/mol. The standard InChI is InChI=1S/C50H53F3N10O5S/c51-34-11-16-62(29-34)69(68)57-42-8-7-41(52)45(46(42)53)47(65)40-24-55-48-39(40)22-32(23-54-48)31-1-3-35(4-2-31)59-14-12-36(13-15-59)60-19-17-58(18-20-60)25-30-26-61(27-30)37-5-6-38-33(21-37)28-63(50(38)67)43-9-10-44(64)56-49(43)66/h1-8,21-24,30,34,36,43,57H,9-20,25-29H2,(H,54,55)(H,56,64,66). The van der Waals surface area contributed by atoms with Crippen molar-refractivity contribution in [2.45, 2.75) is 56.9 Å². The fraction of sp³-hybridized carbons (Fsp3) is 0.420. The molecule has 6 aliphatic rings. The highest BCUT2D eigenvalue weighted by atomic mass is 32.2. The Bertz CT molecular complexity index is 2860. The van der Waals surface area contributed by atoms with E-state index >= 15 is 8.78 Å². The molecule has 0 radical (unpaired) electrons. The first-order chi connectivity index (χ1) is 33.4. The molecule has 69 heavy (non-hydrogen) atoms. The molecule has 0 spiro atoms. The van der Waals surface area contributed by atoms with Gasteiger partial charge >= 0.3 is 0 Å². The second-order valence-electron chi connectivity index (χ2n) is 19.2. The number of carbonyl (C=O) groups is 4. The predicted molar refractivity (Wildman–Crippen MR) is 256 cm³/mol. The van der Waals surface area contributed by atoms with Gasteiger partial charge in [-0.3, -0.25) is 34.1 Å². The van der Waals surface area contributed by atoms with Crippen molar-refractivity contribution < 1.29 is 36.6 Å². The Morgan fingerprint density at radius 1 is 0.826 bits per heavy atom. The van der Waals surface area contributed by atoms with Gasteiger partial charge in [-0.25, -0.2) is 26.7 Å². The third-order valence-corrected chi connectivity index (χ3v) is 16.1. The molecule has 5 aromatic rings. The smallest absolute Gasteiger partial charge is 0.255 e. The molecule has 5 saturated heterocycles. The van der Waals surface area contributed by atoms with Gasteiger partial charge in [0.15, 0.2) is 17.0 Å². The normalized spacial score (nSPS) is 22.6. The van der Waals surface area contributed by atoms with Crippen LogP contribution < -0.4 is 19.8 Å². The highest BCUT2D eigenvalue weighted by Gasteiger charge is 2.40. The number of anilines is 3. The van der Waals surface area contributed by atoms with Crippen molar-refractivity contribution in [3.05, 3.63) is 107 Å². The fourth-order valence-corrected chi connectivity index (χ4v) is 12.0. The summed E-state index contributed by atoms with van der Waals surface area (Å²) in [6.45, 7) is 9.67. The zero-order chi connectivity index (χ0) is 47.5. The quantitative estimate of drug-likeness (QED) is 0.111. The average molecular weight is 963 g/mol. The number of piperidine rings is 2. The van der Waals surface area contributed by atoms with Gasteiger partial charge in [-0.2, -0.15) is 0 Å². The number of H-pyrrole nitrogens is 1. The van der Waals surface area contributed by atoms with E-state index in [1.165, 1.54) is 10.5 Å². The predicted octanol–water partition coefficient (Wildman–Crippen LogP) is 5.26. The van der Waals surface area contributed by atoms with Crippen molar-refractivity contribution in [2.24, 2.45) is 5.92 Å². The topological polar surface area (TPSA) is 158 Å². The maximum atomic E-state index is 15.7. The first-order valence-corrected chi connectivity index (χ1v) is 25.0. The van der Waals surface area contributed by atoms with Crippen molar-refractivity contribution in [3.8, 4) is 11.1 Å². The maximum absolute atomic E-state index is 15.7. The van der Waals surface area contributed by atoms with E-state index in [1.807, 2.05) is 24.3 Å². The molecule has 3 N–H and O–H groups in total. The van der Waals surface area contributed by atoms with Crippen LogP contribution in [0, 0.1) is 17.6 Å². The molecule has 360 valence electrons. The van der Waals surface area contributed by atoms with Gasteiger partial charge in [-0.05, 0) is 85.3 Å². The minimum Gasteiger partial charge on any atom is -0.371 e. The average Bonchev–Trinajstić information content (AvgIpc) is 4.07. The Kier molecular flexibility index (Phi) is 12.2. The molecule has 5 fully saturated rings. The van der Waals surface area contributed by atoms with Crippen LogP contribution in [0.3, 0.4) is 0 Å². The number of hydrogen-bond acceptors (Lipinski definition) is 10. The number of alkyl halides is 1. The van der Waals surface area contributed by atoms with Crippen molar-refractivity contribution in [2.75, 3.05) is 86.5 Å². The molecule has 3 unspecified atom stereocenters. The molecule has 11 rings (SSSR count). The molecule has 6 aliphatic heterocycles. The summed E-state index contributed by atoms with van der Waals surface area (Å²) in [5.74, 6) is -3.38. The van der Waals surface area contributed by atoms with Crippen LogP contribution in [0.2, 0.25) is 0 Å². The lowest BCUT2D eigenvalue weighted by Gasteiger charge is -2.46. The number of pyridine rings is 1. The zero-order valence-electron chi connectivity index (χ0n) is 38.0. The molecule has 3 atom stereocenters. The molecular formula is C50H53F3N10O5S. The third-order valence-electron chi connectivity index (χ3n) is 14.9. The van der Waals surface area contributed by atoms with Gasteiger partial charge in [0.05, 0.1) is 11.3 Å². The van der Waals surface area contributed by atoms with Crippen LogP contribution in [-0.2, 0) is 27.3 Å². The minimum absolute atomic E-state index is 0.0401. The summed E-state index contributed by atoms with van der Waals surface area (Å²) in [7, 11) is 0. The monoisotopic (exact) mass is 962 g/mol. The van der Waals surface area contributed by atoms with E-state index in [2.05, 4.69) is 57.8 Å². The van der Waals surface area contributed by atoms with E-state index < -0.39 is 52.3 Å². The lowest BCUT2D eigenvalue weighted by Crippen LogP contribution is -2.57. The number of halogens is 3. The van der Waals surface area contributed by atoms with Crippen LogP contribution in [0.4, 0.5) is 30.2 Å². The fourth-order valence-electron chi connectivity index (χ4n) is 11.0. The number of nitrogens with one attached hydrogen (secondary N) is 3. The summed E-state index contributed by atoms with van der Waals surface area (Å²) < 4.78 is 61.1. The van der Waals surface area contributed by atoms with Crippen molar-refractivity contribution in [1.82, 2.24) is 34.3 Å². The first kappa shape index (κ1) is 45.3. The number of fused-ring (bicyclic) bond motifs is 2. The van der Waals surface area contributed by atoms with Gasteiger partial charge < -0.3 is 24.6 Å². The molecule has 19 heteroatoms. The Morgan fingerprint density at radius 3 is 2.33 bits per heavy atom. The molecule has 2 aromatic heterocycles. The maximum Gasteiger partial charge on any atom is 0.255 e. The van der Waals surface area contributed by atoms with E-state index in [4.69, 9.17) is 0 Å². The van der Waals surface area contributed by atoms with Crippen LogP contribution in [0.25, 0.3) is 22.2 Å². The van der Waals surface area contributed by atoms with E-state index in [1.54, 1.807) is 17.2 Å². The second kappa shape index (κ2) is 18.6. The van der Waals surface area contributed by atoms with Gasteiger partial charge in [0.2, 0.25) is 17.6 Å². The van der Waals surface area contributed by atoms with Crippen LogP contribution in [0.15, 0.2) is 73.1 Å². The molecule has 8 heterocycles. The van der Waals surface area contributed by atoms with Gasteiger partial charge in [0, 0.05) is 143 Å². The van der Waals surface area contributed by atoms with Crippen molar-refractivity contribution in [3.63, 3.8) is 0 Å². The second-order valence-corrected chi connectivity index (χ2v) is 20.4. The van der Waals surface area contributed by atoms with Gasteiger partial charge in [-0.15, -0.1) is 0 Å². The first-order valence-electron chi connectivity index (χ1n) is 23.9. The Labute approximate surface area is 399 Å². The highest BCUT2D eigenvalue weighted by Crippen LogP contribution is 2.35. The van der Waals surface area contributed by atoms with Gasteiger partial charge in [-0.1, -0.05) is 12.1 Å². The molecule has 15 nitrogen and oxygen atoms in total.